The van der Waals surface area contributed by atoms with Crippen molar-refractivity contribution in [3.63, 3.8) is 0 Å². The van der Waals surface area contributed by atoms with Gasteiger partial charge in [0.05, 0.1) is 0 Å². The van der Waals surface area contributed by atoms with E-state index in [0.717, 1.165) is 18.2 Å². The molecule has 1 aliphatic carbocycles. The van der Waals surface area contributed by atoms with Crippen LogP contribution in [-0.4, -0.2) is 25.4 Å². The van der Waals surface area contributed by atoms with Crippen molar-refractivity contribution >= 4 is 17.4 Å². The quantitative estimate of drug-likeness (QED) is 0.294. The van der Waals surface area contributed by atoms with Crippen molar-refractivity contribution in [2.45, 2.75) is 31.0 Å². The SMILES string of the molecule is C=C(CNC1(F)c2ccc(/C(F)=C/C(c3ccc(Cl)c(C)c3)C(F)(F)F)cc21)NCC(F)(F)F. The van der Waals surface area contributed by atoms with Gasteiger partial charge in [0.1, 0.15) is 18.3 Å². The molecule has 1 aliphatic rings. The zero-order chi connectivity index (χ0) is 25.5. The molecule has 0 aromatic heterocycles. The number of hydrogen-bond acceptors (Lipinski definition) is 2. The van der Waals surface area contributed by atoms with Gasteiger partial charge in [-0.05, 0) is 36.3 Å². The summed E-state index contributed by atoms with van der Waals surface area (Å²) in [5.41, 5.74) is -0.121. The zero-order valence-electron chi connectivity index (χ0n) is 17.6. The van der Waals surface area contributed by atoms with Crippen LogP contribution in [0.3, 0.4) is 0 Å². The highest BCUT2D eigenvalue weighted by Gasteiger charge is 2.51. The van der Waals surface area contributed by atoms with Gasteiger partial charge in [-0.25, -0.2) is 8.78 Å². The van der Waals surface area contributed by atoms with Gasteiger partial charge < -0.3 is 5.32 Å². The van der Waals surface area contributed by atoms with E-state index >= 15 is 4.39 Å². The molecule has 0 bridgehead atoms. The van der Waals surface area contributed by atoms with Crippen LogP contribution in [0.5, 0.6) is 0 Å². The number of benzene rings is 2. The Morgan fingerprint density at radius 1 is 1.09 bits per heavy atom. The Hall–Kier alpha value is -2.59. The van der Waals surface area contributed by atoms with Crippen molar-refractivity contribution in [2.24, 2.45) is 0 Å². The molecule has 0 radical (unpaired) electrons. The van der Waals surface area contributed by atoms with Crippen LogP contribution in [0.4, 0.5) is 35.1 Å². The lowest BCUT2D eigenvalue weighted by Gasteiger charge is -2.18. The van der Waals surface area contributed by atoms with Crippen molar-refractivity contribution in [2.75, 3.05) is 13.1 Å². The molecule has 0 fully saturated rings. The lowest BCUT2D eigenvalue weighted by atomic mass is 9.95. The Labute approximate surface area is 195 Å². The first-order chi connectivity index (χ1) is 15.6. The summed E-state index contributed by atoms with van der Waals surface area (Å²) in [7, 11) is 0. The first kappa shape index (κ1) is 26.0. The summed E-state index contributed by atoms with van der Waals surface area (Å²) in [4.78, 5) is 0. The molecule has 2 aromatic rings. The monoisotopic (exact) mass is 510 g/mol. The topological polar surface area (TPSA) is 24.1 Å². The van der Waals surface area contributed by atoms with Gasteiger partial charge >= 0.3 is 12.4 Å². The third-order valence-corrected chi connectivity index (χ3v) is 5.69. The first-order valence-corrected chi connectivity index (χ1v) is 10.3. The van der Waals surface area contributed by atoms with Gasteiger partial charge in [-0.1, -0.05) is 42.4 Å². The Morgan fingerprint density at radius 3 is 2.35 bits per heavy atom. The molecule has 11 heteroatoms. The van der Waals surface area contributed by atoms with Gasteiger partial charge in [0.15, 0.2) is 0 Å². The summed E-state index contributed by atoms with van der Waals surface area (Å²) >= 11 is 5.86. The Balaban J connectivity index is 1.75. The second-order valence-corrected chi connectivity index (χ2v) is 8.29. The van der Waals surface area contributed by atoms with Gasteiger partial charge in [0.25, 0.3) is 0 Å². The maximum absolute atomic E-state index is 15.0. The van der Waals surface area contributed by atoms with Gasteiger partial charge in [-0.2, -0.15) is 26.3 Å². The maximum atomic E-state index is 15.0. The fourth-order valence-electron chi connectivity index (χ4n) is 3.39. The van der Waals surface area contributed by atoms with Crippen molar-refractivity contribution in [1.29, 1.82) is 0 Å². The molecule has 2 atom stereocenters. The van der Waals surface area contributed by atoms with E-state index in [1.54, 1.807) is 0 Å². The second-order valence-electron chi connectivity index (χ2n) is 7.89. The lowest BCUT2D eigenvalue weighted by Crippen LogP contribution is -2.35. The summed E-state index contributed by atoms with van der Waals surface area (Å²) in [6, 6.07) is 7.04. The van der Waals surface area contributed by atoms with Crippen LogP contribution in [0.1, 0.15) is 33.7 Å². The lowest BCUT2D eigenvalue weighted by molar-refractivity contribution is -0.139. The second kappa shape index (κ2) is 9.22. The van der Waals surface area contributed by atoms with Crippen LogP contribution in [0.15, 0.2) is 54.8 Å². The molecule has 34 heavy (non-hydrogen) atoms. The summed E-state index contributed by atoms with van der Waals surface area (Å²) in [5.74, 6) is -5.70. The molecule has 2 unspecified atom stereocenters. The van der Waals surface area contributed by atoms with Gasteiger partial charge in [0, 0.05) is 34.0 Å². The minimum atomic E-state index is -4.80. The highest BCUT2D eigenvalue weighted by molar-refractivity contribution is 6.31. The third-order valence-electron chi connectivity index (χ3n) is 5.27. The van der Waals surface area contributed by atoms with Crippen molar-refractivity contribution in [1.82, 2.24) is 10.6 Å². The fraction of sp³-hybridized carbons (Fsp3) is 0.304. The number of nitrogens with one attached hydrogen (secondary N) is 2. The number of halogens is 9. The molecular formula is C23H19ClF8N2. The number of allylic oxidation sites excluding steroid dienone is 1. The van der Waals surface area contributed by atoms with Crippen molar-refractivity contribution in [3.8, 4) is 0 Å². The molecule has 0 heterocycles. The van der Waals surface area contributed by atoms with Crippen LogP contribution in [0.2, 0.25) is 5.02 Å². The normalized spacial score (nSPS) is 18.9. The largest absolute Gasteiger partial charge is 0.405 e. The van der Waals surface area contributed by atoms with E-state index in [-0.39, 0.29) is 39.5 Å². The molecule has 2 nitrogen and oxygen atoms in total. The third kappa shape index (κ3) is 5.90. The molecule has 2 N–H and O–H groups in total. The van der Waals surface area contributed by atoms with E-state index in [0.29, 0.717) is 11.6 Å². The van der Waals surface area contributed by atoms with Crippen LogP contribution in [0, 0.1) is 6.92 Å². The number of fused-ring (bicyclic) bond motifs is 1. The van der Waals surface area contributed by atoms with E-state index in [4.69, 9.17) is 11.6 Å². The van der Waals surface area contributed by atoms with E-state index in [1.165, 1.54) is 25.1 Å². The molecule has 0 saturated heterocycles. The predicted octanol–water partition coefficient (Wildman–Crippen LogP) is 7.04. The summed E-state index contributed by atoms with van der Waals surface area (Å²) in [6.45, 7) is 3.19. The molecule has 0 spiro atoms. The average molecular weight is 511 g/mol. The van der Waals surface area contributed by atoms with Crippen molar-refractivity contribution < 1.29 is 35.1 Å². The standard InChI is InChI=1S/C23H19ClF8N2/c1-12-7-14(4-6-19(12)24)17(23(30,31)32)9-20(25)15-3-5-16-18(8-15)22(16,29)34-10-13(2)33-11-21(26,27)28/h3-9,17,33-34H,2,10-11H2,1H3/b20-9-. The van der Waals surface area contributed by atoms with Crippen molar-refractivity contribution in [3.05, 3.63) is 87.6 Å². The molecule has 184 valence electrons. The average Bonchev–Trinajstić information content (AvgIpc) is 3.33. The van der Waals surface area contributed by atoms with Gasteiger partial charge in [0.2, 0.25) is 5.79 Å². The minimum absolute atomic E-state index is 0.0249. The first-order valence-electron chi connectivity index (χ1n) is 9.89. The van der Waals surface area contributed by atoms with Crippen LogP contribution in [-0.2, 0) is 5.79 Å². The highest BCUT2D eigenvalue weighted by Crippen LogP contribution is 2.50. The number of alkyl halides is 7. The molecule has 2 aromatic carbocycles. The number of hydrogen-bond donors (Lipinski definition) is 2. The Kier molecular flexibility index (Phi) is 7.06. The highest BCUT2D eigenvalue weighted by atomic mass is 35.5. The molecule has 0 aliphatic heterocycles. The molecule has 0 amide bonds. The van der Waals surface area contributed by atoms with Crippen LogP contribution >= 0.6 is 11.6 Å². The fourth-order valence-corrected chi connectivity index (χ4v) is 3.51. The molecular weight excluding hydrogens is 492 g/mol. The number of aryl methyl sites for hydroxylation is 1. The van der Waals surface area contributed by atoms with E-state index in [2.05, 4.69) is 11.9 Å². The summed E-state index contributed by atoms with van der Waals surface area (Å²) < 4.78 is 107. The molecule has 3 rings (SSSR count). The van der Waals surface area contributed by atoms with Gasteiger partial charge in [-0.3, -0.25) is 5.32 Å². The smallest absolute Gasteiger partial charge is 0.379 e. The van der Waals surface area contributed by atoms with Gasteiger partial charge in [-0.15, -0.1) is 0 Å². The van der Waals surface area contributed by atoms with Crippen LogP contribution in [0.25, 0.3) is 5.83 Å². The van der Waals surface area contributed by atoms with E-state index in [9.17, 15) is 30.7 Å². The minimum Gasteiger partial charge on any atom is -0.379 e. The zero-order valence-corrected chi connectivity index (χ0v) is 18.4. The number of rotatable bonds is 8. The maximum Gasteiger partial charge on any atom is 0.405 e. The van der Waals surface area contributed by atoms with E-state index in [1.807, 2.05) is 5.32 Å². The van der Waals surface area contributed by atoms with E-state index < -0.39 is 36.4 Å². The summed E-state index contributed by atoms with van der Waals surface area (Å²) in [5, 5.41) is 4.64. The Bertz CT molecular complexity index is 1120. The Morgan fingerprint density at radius 2 is 1.76 bits per heavy atom. The molecule has 0 saturated carbocycles. The summed E-state index contributed by atoms with van der Waals surface area (Å²) in [6.07, 6.45) is -8.87. The predicted molar refractivity (Wildman–Crippen MR) is 114 cm³/mol. The van der Waals surface area contributed by atoms with Crippen LogP contribution < -0.4 is 10.6 Å².